The lowest BCUT2D eigenvalue weighted by atomic mass is 9.95. The van der Waals surface area contributed by atoms with Crippen molar-refractivity contribution < 1.29 is 13.2 Å². The van der Waals surface area contributed by atoms with E-state index in [9.17, 15) is 13.2 Å². The van der Waals surface area contributed by atoms with Gasteiger partial charge in [-0.05, 0) is 49.9 Å². The second-order valence-electron chi connectivity index (χ2n) is 6.63. The average Bonchev–Trinajstić information content (AvgIpc) is 2.87. The molecule has 1 aliphatic rings. The zero-order valence-corrected chi connectivity index (χ0v) is 15.6. The monoisotopic (exact) mass is 353 g/mol. The summed E-state index contributed by atoms with van der Waals surface area (Å²) in [5.74, 6) is -0.0335. The van der Waals surface area contributed by atoms with Crippen molar-refractivity contribution in [2.75, 3.05) is 11.4 Å². The van der Waals surface area contributed by atoms with Crippen LogP contribution in [0.1, 0.15) is 46.1 Å². The van der Waals surface area contributed by atoms with Crippen molar-refractivity contribution >= 4 is 21.6 Å². The summed E-state index contributed by atoms with van der Waals surface area (Å²) in [6.07, 6.45) is 2.05. The molecule has 0 aromatic heterocycles. The maximum atomic E-state index is 12.6. The number of nitrogens with one attached hydrogen (secondary N) is 1. The first-order valence-electron chi connectivity index (χ1n) is 8.35. The van der Waals surface area contributed by atoms with Gasteiger partial charge >= 0.3 is 0 Å². The van der Waals surface area contributed by atoms with Crippen molar-refractivity contribution in [1.82, 2.24) is 4.72 Å². The molecule has 1 aromatic rings. The fourth-order valence-electron chi connectivity index (χ4n) is 3.08. The molecule has 0 bridgehead atoms. The maximum Gasteiger partial charge on any atom is 0.240 e. The van der Waals surface area contributed by atoms with Crippen molar-refractivity contribution in [3.05, 3.63) is 23.8 Å². The molecule has 0 saturated heterocycles. The Morgan fingerprint density at radius 1 is 1.38 bits per heavy atom. The van der Waals surface area contributed by atoms with Crippen LogP contribution < -0.4 is 15.4 Å². The van der Waals surface area contributed by atoms with Gasteiger partial charge in [-0.2, -0.15) is 0 Å². The van der Waals surface area contributed by atoms with Crippen LogP contribution in [0.3, 0.4) is 0 Å². The van der Waals surface area contributed by atoms with Crippen LogP contribution >= 0.6 is 0 Å². The molecule has 1 amide bonds. The van der Waals surface area contributed by atoms with Gasteiger partial charge in [-0.1, -0.05) is 13.8 Å². The molecular formula is C17H27N3O3S. The molecule has 0 radical (unpaired) electrons. The van der Waals surface area contributed by atoms with Gasteiger partial charge < -0.3 is 10.6 Å². The van der Waals surface area contributed by atoms with E-state index in [1.165, 1.54) is 6.92 Å². The molecule has 3 N–H and O–H groups in total. The lowest BCUT2D eigenvalue weighted by molar-refractivity contribution is -0.116. The Kier molecular flexibility index (Phi) is 5.37. The fraction of sp³-hybridized carbons (Fsp3) is 0.588. The van der Waals surface area contributed by atoms with E-state index in [4.69, 9.17) is 5.73 Å². The molecular weight excluding hydrogens is 326 g/mol. The highest BCUT2D eigenvalue weighted by Crippen LogP contribution is 2.33. The van der Waals surface area contributed by atoms with E-state index in [-0.39, 0.29) is 23.4 Å². The second-order valence-corrected chi connectivity index (χ2v) is 8.39. The highest BCUT2D eigenvalue weighted by molar-refractivity contribution is 7.89. The van der Waals surface area contributed by atoms with Gasteiger partial charge in [0.25, 0.3) is 0 Å². The summed E-state index contributed by atoms with van der Waals surface area (Å²) in [7, 11) is -3.62. The van der Waals surface area contributed by atoms with Crippen molar-refractivity contribution in [2.24, 2.45) is 5.73 Å². The molecule has 1 aromatic carbocycles. The molecule has 1 aliphatic heterocycles. The molecule has 7 heteroatoms. The smallest absolute Gasteiger partial charge is 0.240 e. The van der Waals surface area contributed by atoms with Crippen molar-refractivity contribution in [1.29, 1.82) is 0 Å². The molecule has 134 valence electrons. The number of rotatable bonds is 6. The number of hydrogen-bond acceptors (Lipinski definition) is 4. The Balaban J connectivity index is 2.25. The number of sulfonamides is 1. The van der Waals surface area contributed by atoms with Crippen LogP contribution in [-0.2, 0) is 21.2 Å². The van der Waals surface area contributed by atoms with Crippen LogP contribution in [0.2, 0.25) is 0 Å². The molecule has 24 heavy (non-hydrogen) atoms. The van der Waals surface area contributed by atoms with E-state index >= 15 is 0 Å². The first-order chi connectivity index (χ1) is 11.1. The Morgan fingerprint density at radius 2 is 2.00 bits per heavy atom. The molecule has 0 aliphatic carbocycles. The van der Waals surface area contributed by atoms with Crippen LogP contribution in [0.15, 0.2) is 23.1 Å². The van der Waals surface area contributed by atoms with Crippen molar-refractivity contribution in [2.45, 2.75) is 63.4 Å². The zero-order valence-electron chi connectivity index (χ0n) is 14.8. The standard InChI is InChI=1S/C17H27N3O3S/c1-5-17(18,6-2)11-19-24(22,23)15-7-8-16-14(10-15)9-12(3)20(16)13(4)21/h7-8,10,12,19H,5-6,9,11,18H2,1-4H3. The van der Waals surface area contributed by atoms with Gasteiger partial charge in [-0.25, -0.2) is 13.1 Å². The number of fused-ring (bicyclic) bond motifs is 1. The third kappa shape index (κ3) is 3.63. The number of carbonyl (C=O) groups is 1. The average molecular weight is 353 g/mol. The lowest BCUT2D eigenvalue weighted by Gasteiger charge is -2.26. The molecule has 0 saturated carbocycles. The van der Waals surface area contributed by atoms with E-state index < -0.39 is 15.6 Å². The molecule has 0 fully saturated rings. The largest absolute Gasteiger partial charge is 0.324 e. The first kappa shape index (κ1) is 18.9. The molecule has 2 rings (SSSR count). The van der Waals surface area contributed by atoms with Crippen LogP contribution in [0, 0.1) is 0 Å². The highest BCUT2D eigenvalue weighted by atomic mass is 32.2. The number of amides is 1. The predicted molar refractivity (Wildman–Crippen MR) is 95.5 cm³/mol. The maximum absolute atomic E-state index is 12.6. The number of benzene rings is 1. The predicted octanol–water partition coefficient (Wildman–Crippen LogP) is 1.78. The Morgan fingerprint density at radius 3 is 2.54 bits per heavy atom. The molecule has 0 spiro atoms. The summed E-state index contributed by atoms with van der Waals surface area (Å²) in [6, 6.07) is 4.96. The quantitative estimate of drug-likeness (QED) is 0.815. The number of nitrogens with zero attached hydrogens (tertiary/aromatic N) is 1. The van der Waals surface area contributed by atoms with Crippen molar-refractivity contribution in [3.8, 4) is 0 Å². The molecule has 1 atom stereocenters. The van der Waals surface area contributed by atoms with E-state index in [1.807, 2.05) is 20.8 Å². The Bertz CT molecular complexity index is 727. The van der Waals surface area contributed by atoms with Crippen LogP contribution in [0.25, 0.3) is 0 Å². The van der Waals surface area contributed by atoms with Gasteiger partial charge in [-0.15, -0.1) is 0 Å². The topological polar surface area (TPSA) is 92.5 Å². The summed E-state index contributed by atoms with van der Waals surface area (Å²) in [6.45, 7) is 7.58. The fourth-order valence-corrected chi connectivity index (χ4v) is 4.27. The Labute approximate surface area is 144 Å². The number of carbonyl (C=O) groups excluding carboxylic acids is 1. The van der Waals surface area contributed by atoms with Gasteiger partial charge in [0.15, 0.2) is 0 Å². The SMILES string of the molecule is CCC(N)(CC)CNS(=O)(=O)c1ccc2c(c1)CC(C)N2C(C)=O. The molecule has 1 heterocycles. The van der Waals surface area contributed by atoms with E-state index in [2.05, 4.69) is 4.72 Å². The van der Waals surface area contributed by atoms with Gasteiger partial charge in [-0.3, -0.25) is 4.79 Å². The summed E-state index contributed by atoms with van der Waals surface area (Å²) in [4.78, 5) is 13.7. The number of hydrogen-bond donors (Lipinski definition) is 2. The van der Waals surface area contributed by atoms with Gasteiger partial charge in [0.1, 0.15) is 0 Å². The lowest BCUT2D eigenvalue weighted by Crippen LogP contribution is -2.49. The van der Waals surface area contributed by atoms with E-state index in [0.717, 1.165) is 11.3 Å². The minimum Gasteiger partial charge on any atom is -0.324 e. The van der Waals surface area contributed by atoms with Gasteiger partial charge in [0, 0.05) is 30.7 Å². The molecule has 1 unspecified atom stereocenters. The first-order valence-corrected chi connectivity index (χ1v) is 9.83. The van der Waals surface area contributed by atoms with Crippen LogP contribution in [0.5, 0.6) is 0 Å². The summed E-state index contributed by atoms with van der Waals surface area (Å²) >= 11 is 0. The highest BCUT2D eigenvalue weighted by Gasteiger charge is 2.30. The second kappa shape index (κ2) is 6.82. The minimum absolute atomic E-state index is 0.0335. The van der Waals surface area contributed by atoms with Gasteiger partial charge in [0.2, 0.25) is 15.9 Å². The van der Waals surface area contributed by atoms with E-state index in [1.54, 1.807) is 23.1 Å². The number of anilines is 1. The van der Waals surface area contributed by atoms with E-state index in [0.29, 0.717) is 19.3 Å². The summed E-state index contributed by atoms with van der Waals surface area (Å²) < 4.78 is 27.7. The van der Waals surface area contributed by atoms with Crippen LogP contribution in [-0.4, -0.2) is 32.5 Å². The minimum atomic E-state index is -3.62. The Hall–Kier alpha value is -1.44. The van der Waals surface area contributed by atoms with Crippen LogP contribution in [0.4, 0.5) is 5.69 Å². The summed E-state index contributed by atoms with van der Waals surface area (Å²) in [5, 5.41) is 0. The normalized spacial score (nSPS) is 17.9. The van der Waals surface area contributed by atoms with Gasteiger partial charge in [0.05, 0.1) is 4.90 Å². The zero-order chi connectivity index (χ0) is 18.1. The third-order valence-electron chi connectivity index (χ3n) is 4.94. The third-order valence-corrected chi connectivity index (χ3v) is 6.34. The number of nitrogens with two attached hydrogens (primary N) is 1. The van der Waals surface area contributed by atoms with Crippen molar-refractivity contribution in [3.63, 3.8) is 0 Å². The molecule has 6 nitrogen and oxygen atoms in total. The summed E-state index contributed by atoms with van der Waals surface area (Å²) in [5.41, 5.74) is 7.31.